The van der Waals surface area contributed by atoms with Gasteiger partial charge >= 0.3 is 19.8 Å². The zero-order valence-electron chi connectivity index (χ0n) is 33.2. The van der Waals surface area contributed by atoms with Crippen LogP contribution < -0.4 is 5.73 Å². The largest absolute Gasteiger partial charge is 0.472 e. The monoisotopic (exact) mass is 764 g/mol. The molecule has 0 aliphatic heterocycles. The molecule has 0 heterocycles. The average molecular weight is 764 g/mol. The third-order valence-electron chi connectivity index (χ3n) is 8.06. The molecular formula is C43H74NO8P. The van der Waals surface area contributed by atoms with Crippen molar-refractivity contribution in [3.63, 3.8) is 0 Å². The van der Waals surface area contributed by atoms with Gasteiger partial charge in [-0.15, -0.1) is 0 Å². The maximum absolute atomic E-state index is 12.5. The van der Waals surface area contributed by atoms with E-state index < -0.39 is 32.5 Å². The first-order chi connectivity index (χ1) is 25.8. The van der Waals surface area contributed by atoms with Crippen LogP contribution in [0.4, 0.5) is 0 Å². The van der Waals surface area contributed by atoms with Gasteiger partial charge in [-0.25, -0.2) is 4.57 Å². The summed E-state index contributed by atoms with van der Waals surface area (Å²) in [6.45, 7) is 3.57. The molecule has 0 saturated heterocycles. The summed E-state index contributed by atoms with van der Waals surface area (Å²) in [5.74, 6) is -0.918. The van der Waals surface area contributed by atoms with Crippen molar-refractivity contribution in [1.29, 1.82) is 0 Å². The summed E-state index contributed by atoms with van der Waals surface area (Å²) in [7, 11) is -4.40. The maximum Gasteiger partial charge on any atom is 0.472 e. The Morgan fingerprint density at radius 1 is 0.566 bits per heavy atom. The van der Waals surface area contributed by atoms with Crippen LogP contribution in [0, 0.1) is 0 Å². The van der Waals surface area contributed by atoms with Crippen molar-refractivity contribution < 1.29 is 37.6 Å². The van der Waals surface area contributed by atoms with Crippen LogP contribution in [-0.4, -0.2) is 49.3 Å². The van der Waals surface area contributed by atoms with Gasteiger partial charge in [0, 0.05) is 19.4 Å². The smallest absolute Gasteiger partial charge is 0.462 e. The van der Waals surface area contributed by atoms with Crippen molar-refractivity contribution in [2.45, 2.75) is 161 Å². The number of hydrogen-bond acceptors (Lipinski definition) is 8. The number of carbonyl (C=O) groups is 2. The molecule has 1 unspecified atom stereocenters. The minimum atomic E-state index is -4.40. The predicted molar refractivity (Wildman–Crippen MR) is 219 cm³/mol. The van der Waals surface area contributed by atoms with E-state index in [1.54, 1.807) is 0 Å². The molecule has 0 bridgehead atoms. The van der Waals surface area contributed by atoms with Crippen LogP contribution >= 0.6 is 7.82 Å². The molecule has 0 radical (unpaired) electrons. The highest BCUT2D eigenvalue weighted by Gasteiger charge is 2.25. The molecule has 0 aromatic heterocycles. The van der Waals surface area contributed by atoms with E-state index in [1.807, 2.05) is 6.08 Å². The molecule has 9 nitrogen and oxygen atoms in total. The number of hydrogen-bond donors (Lipinski definition) is 2. The van der Waals surface area contributed by atoms with Crippen LogP contribution in [-0.2, 0) is 32.7 Å². The number of nitrogens with two attached hydrogens (primary N) is 1. The predicted octanol–water partition coefficient (Wildman–Crippen LogP) is 11.5. The van der Waals surface area contributed by atoms with Gasteiger partial charge in [-0.05, 0) is 83.5 Å². The van der Waals surface area contributed by atoms with Crippen molar-refractivity contribution in [3.8, 4) is 0 Å². The summed E-state index contributed by atoms with van der Waals surface area (Å²) in [5.41, 5.74) is 5.33. The van der Waals surface area contributed by atoms with E-state index in [2.05, 4.69) is 80.7 Å². The summed E-state index contributed by atoms with van der Waals surface area (Å²) < 4.78 is 32.6. The van der Waals surface area contributed by atoms with Crippen LogP contribution in [0.3, 0.4) is 0 Å². The second-order valence-corrected chi connectivity index (χ2v) is 14.6. The molecule has 0 spiro atoms. The Balaban J connectivity index is 4.34. The van der Waals surface area contributed by atoms with Crippen LogP contribution in [0.5, 0.6) is 0 Å². The van der Waals surface area contributed by atoms with Crippen molar-refractivity contribution in [1.82, 2.24) is 0 Å². The summed E-state index contributed by atoms with van der Waals surface area (Å²) in [4.78, 5) is 34.8. The number of carbonyl (C=O) groups excluding carboxylic acids is 2. The zero-order chi connectivity index (χ0) is 38.9. The lowest BCUT2D eigenvalue weighted by Crippen LogP contribution is -2.29. The molecule has 0 rings (SSSR count). The number of rotatable bonds is 37. The highest BCUT2D eigenvalue weighted by molar-refractivity contribution is 7.47. The number of phosphoric acid groups is 1. The lowest BCUT2D eigenvalue weighted by Gasteiger charge is -2.19. The molecule has 2 atom stereocenters. The van der Waals surface area contributed by atoms with Crippen molar-refractivity contribution in [2.24, 2.45) is 5.73 Å². The number of esters is 2. The fourth-order valence-corrected chi connectivity index (χ4v) is 5.77. The normalized spacial score (nSPS) is 14.1. The van der Waals surface area contributed by atoms with E-state index in [1.165, 1.54) is 51.4 Å². The molecule has 10 heteroatoms. The molecule has 0 aromatic rings. The van der Waals surface area contributed by atoms with Crippen LogP contribution in [0.25, 0.3) is 0 Å². The lowest BCUT2D eigenvalue weighted by atomic mass is 10.1. The second-order valence-electron chi connectivity index (χ2n) is 13.1. The summed E-state index contributed by atoms with van der Waals surface area (Å²) in [6.07, 6.45) is 46.5. The van der Waals surface area contributed by atoms with Gasteiger partial charge in [-0.2, -0.15) is 0 Å². The van der Waals surface area contributed by atoms with Gasteiger partial charge in [-0.1, -0.05) is 132 Å². The molecule has 0 aromatic carbocycles. The van der Waals surface area contributed by atoms with E-state index in [9.17, 15) is 19.0 Å². The first-order valence-electron chi connectivity index (χ1n) is 20.4. The fraction of sp³-hybridized carbons (Fsp3) is 0.674. The Morgan fingerprint density at radius 3 is 1.51 bits per heavy atom. The van der Waals surface area contributed by atoms with Gasteiger partial charge in [0.15, 0.2) is 6.10 Å². The van der Waals surface area contributed by atoms with Crippen molar-refractivity contribution in [3.05, 3.63) is 72.9 Å². The highest BCUT2D eigenvalue weighted by atomic mass is 31.2. The topological polar surface area (TPSA) is 134 Å². The Kier molecular flexibility index (Phi) is 37.3. The Labute approximate surface area is 322 Å². The van der Waals surface area contributed by atoms with Gasteiger partial charge in [0.1, 0.15) is 6.61 Å². The summed E-state index contributed by atoms with van der Waals surface area (Å²) >= 11 is 0. The van der Waals surface area contributed by atoms with Gasteiger partial charge in [0.05, 0.1) is 13.2 Å². The van der Waals surface area contributed by atoms with E-state index in [4.69, 9.17) is 24.3 Å². The first kappa shape index (κ1) is 50.5. The van der Waals surface area contributed by atoms with Crippen molar-refractivity contribution >= 4 is 19.8 Å². The van der Waals surface area contributed by atoms with E-state index in [0.717, 1.165) is 57.8 Å². The van der Waals surface area contributed by atoms with E-state index in [-0.39, 0.29) is 32.6 Å². The minimum absolute atomic E-state index is 0.0392. The highest BCUT2D eigenvalue weighted by Crippen LogP contribution is 2.43. The van der Waals surface area contributed by atoms with Gasteiger partial charge in [0.25, 0.3) is 0 Å². The Hall–Kier alpha value is -2.55. The van der Waals surface area contributed by atoms with E-state index >= 15 is 0 Å². The number of unbranched alkanes of at least 4 members (excludes halogenated alkanes) is 12. The average Bonchev–Trinajstić information content (AvgIpc) is 3.14. The second kappa shape index (κ2) is 39.2. The molecule has 0 saturated carbocycles. The molecule has 0 aliphatic rings. The molecule has 0 aliphatic carbocycles. The third-order valence-corrected chi connectivity index (χ3v) is 9.05. The van der Waals surface area contributed by atoms with Crippen LogP contribution in [0.2, 0.25) is 0 Å². The minimum Gasteiger partial charge on any atom is -0.462 e. The molecule has 3 N–H and O–H groups in total. The summed E-state index contributed by atoms with van der Waals surface area (Å²) in [5, 5.41) is 0. The van der Waals surface area contributed by atoms with Gasteiger partial charge < -0.3 is 20.1 Å². The molecule has 0 fully saturated rings. The van der Waals surface area contributed by atoms with Crippen molar-refractivity contribution in [2.75, 3.05) is 26.4 Å². The van der Waals surface area contributed by atoms with Crippen LogP contribution in [0.15, 0.2) is 72.9 Å². The first-order valence-corrected chi connectivity index (χ1v) is 21.9. The molecule has 53 heavy (non-hydrogen) atoms. The SMILES string of the molecule is CCCCC/C=C\C/C=C\C/C=C\C/C=C\CCCC(=O)O[C@H](COC(=O)CCCCCCC/C=C\C/C=C\CCCCC)COP(=O)(O)OCCN. The quantitative estimate of drug-likeness (QED) is 0.0274. The Morgan fingerprint density at radius 2 is 1.00 bits per heavy atom. The number of phosphoric ester groups is 1. The number of allylic oxidation sites excluding steroid dienone is 12. The lowest BCUT2D eigenvalue weighted by molar-refractivity contribution is -0.161. The standard InChI is InChI=1S/C43H74NO8P/c1-3-5-7-9-11-13-15-17-19-20-22-24-26-28-30-32-34-36-43(46)52-41(40-51-53(47,48)50-38-37-44)39-49-42(45)35-33-31-29-27-25-23-21-18-16-14-12-10-8-6-4-2/h11-14,17-19,21-22,24,28,30,41H,3-10,15-16,20,23,25-27,29,31-40,44H2,1-2H3,(H,47,48)/b13-11-,14-12-,19-17-,21-18-,24-22-,30-28-/t41-/m1/s1. The third kappa shape index (κ3) is 39.0. The molecule has 0 amide bonds. The van der Waals surface area contributed by atoms with E-state index in [0.29, 0.717) is 19.3 Å². The van der Waals surface area contributed by atoms with Gasteiger partial charge in [-0.3, -0.25) is 18.6 Å². The Bertz CT molecular complexity index is 1100. The number of ether oxygens (including phenoxy) is 2. The molecular weight excluding hydrogens is 689 g/mol. The zero-order valence-corrected chi connectivity index (χ0v) is 34.1. The maximum atomic E-state index is 12.5. The molecule has 304 valence electrons. The van der Waals surface area contributed by atoms with Crippen LogP contribution in [0.1, 0.15) is 155 Å². The summed E-state index contributed by atoms with van der Waals surface area (Å²) in [6, 6.07) is 0. The van der Waals surface area contributed by atoms with Gasteiger partial charge in [0.2, 0.25) is 0 Å². The fourth-order valence-electron chi connectivity index (χ4n) is 5.01.